The molecule has 1 unspecified atom stereocenters. The first kappa shape index (κ1) is 20.8. The number of ether oxygens (including phenoxy) is 1. The third-order valence-electron chi connectivity index (χ3n) is 6.17. The number of nitrogens with one attached hydrogen (secondary N) is 2. The molecule has 0 radical (unpaired) electrons. The van der Waals surface area contributed by atoms with Crippen LogP contribution < -0.4 is 15.8 Å². The third-order valence-corrected chi connectivity index (χ3v) is 7.07. The number of primary sulfonamides is 1. The van der Waals surface area contributed by atoms with Gasteiger partial charge in [-0.05, 0) is 31.0 Å². The fraction of sp³-hybridized carbons (Fsp3) is 0.400. The molecule has 1 spiro atoms. The maximum absolute atomic E-state index is 13.2. The molecule has 4 N–H and O–H groups in total. The van der Waals surface area contributed by atoms with Gasteiger partial charge in [0.15, 0.2) is 6.23 Å². The van der Waals surface area contributed by atoms with Crippen molar-refractivity contribution in [2.75, 3.05) is 12.4 Å². The Labute approximate surface area is 184 Å². The number of hydrogen-bond acceptors (Lipinski definition) is 8. The van der Waals surface area contributed by atoms with E-state index in [1.165, 1.54) is 18.3 Å². The van der Waals surface area contributed by atoms with Crippen LogP contribution in [0.5, 0.6) is 0 Å². The van der Waals surface area contributed by atoms with Crippen molar-refractivity contribution in [3.63, 3.8) is 0 Å². The van der Waals surface area contributed by atoms with Crippen LogP contribution in [0.1, 0.15) is 44.0 Å². The molecule has 1 atom stereocenters. The minimum Gasteiger partial charge on any atom is -0.356 e. The van der Waals surface area contributed by atoms with Crippen molar-refractivity contribution < 1.29 is 17.9 Å². The van der Waals surface area contributed by atoms with Crippen molar-refractivity contribution in [3.8, 4) is 0 Å². The summed E-state index contributed by atoms with van der Waals surface area (Å²) < 4.78 is 30.4. The number of aromatic nitrogens is 4. The van der Waals surface area contributed by atoms with Gasteiger partial charge in [-0.15, -0.1) is 0 Å². The Balaban J connectivity index is 1.58. The summed E-state index contributed by atoms with van der Waals surface area (Å²) in [6.45, 7) is 0. The minimum absolute atomic E-state index is 0.0533. The van der Waals surface area contributed by atoms with E-state index in [0.29, 0.717) is 11.5 Å². The van der Waals surface area contributed by atoms with Crippen molar-refractivity contribution in [1.29, 1.82) is 0 Å². The highest BCUT2D eigenvalue weighted by molar-refractivity contribution is 7.89. The number of pyridine rings is 1. The number of rotatable bonds is 4. The van der Waals surface area contributed by atoms with Crippen LogP contribution in [-0.4, -0.2) is 41.0 Å². The van der Waals surface area contributed by atoms with Gasteiger partial charge in [0.1, 0.15) is 21.9 Å². The summed E-state index contributed by atoms with van der Waals surface area (Å²) in [6.07, 6.45) is 6.77. The molecule has 0 bridgehead atoms. The molecule has 3 aromatic rings. The van der Waals surface area contributed by atoms with E-state index in [2.05, 4.69) is 25.6 Å². The van der Waals surface area contributed by atoms with Gasteiger partial charge >= 0.3 is 0 Å². The lowest BCUT2D eigenvalue weighted by atomic mass is 9.79. The molecule has 1 aliphatic heterocycles. The van der Waals surface area contributed by atoms with E-state index in [1.54, 1.807) is 13.3 Å². The van der Waals surface area contributed by atoms with Crippen LogP contribution in [0.15, 0.2) is 35.5 Å². The van der Waals surface area contributed by atoms with E-state index < -0.39 is 21.8 Å². The molecule has 3 aromatic heterocycles. The average molecular weight is 458 g/mol. The fourth-order valence-corrected chi connectivity index (χ4v) is 5.10. The van der Waals surface area contributed by atoms with Crippen LogP contribution >= 0.6 is 0 Å². The van der Waals surface area contributed by atoms with Crippen molar-refractivity contribution in [3.05, 3.63) is 36.3 Å². The lowest BCUT2D eigenvalue weighted by Crippen LogP contribution is -2.56. The van der Waals surface area contributed by atoms with Crippen molar-refractivity contribution in [2.45, 2.75) is 48.8 Å². The van der Waals surface area contributed by atoms with Crippen molar-refractivity contribution >= 4 is 38.7 Å². The van der Waals surface area contributed by atoms with Crippen LogP contribution in [0, 0.1) is 0 Å². The highest BCUT2D eigenvalue weighted by Crippen LogP contribution is 2.43. The number of nitrogens with two attached hydrogens (primary N) is 1. The summed E-state index contributed by atoms with van der Waals surface area (Å²) in [6, 6.07) is 4.78. The molecule has 1 fully saturated rings. The van der Waals surface area contributed by atoms with Crippen LogP contribution in [-0.2, 0) is 25.1 Å². The van der Waals surface area contributed by atoms with Gasteiger partial charge in [-0.25, -0.2) is 23.5 Å². The Kier molecular flexibility index (Phi) is 4.87. The molecular formula is C20H23N7O4S. The van der Waals surface area contributed by atoms with E-state index in [4.69, 9.17) is 9.88 Å². The molecule has 1 saturated carbocycles. The van der Waals surface area contributed by atoms with E-state index in [-0.39, 0.29) is 16.8 Å². The SMILES string of the molecule is COC1NC(=O)C2(CCCCC2)n2c1cc1cnc(Nc3ccc(S(N)(=O)=O)cn3)nc12. The number of anilines is 2. The van der Waals surface area contributed by atoms with Gasteiger partial charge in [-0.2, -0.15) is 4.98 Å². The second-order valence-electron chi connectivity index (χ2n) is 8.11. The lowest BCUT2D eigenvalue weighted by molar-refractivity contribution is -0.139. The number of nitrogens with zero attached hydrogens (tertiary/aromatic N) is 4. The Morgan fingerprint density at radius 1 is 1.22 bits per heavy atom. The summed E-state index contributed by atoms with van der Waals surface area (Å²) in [4.78, 5) is 26.2. The van der Waals surface area contributed by atoms with Gasteiger partial charge in [0.25, 0.3) is 0 Å². The van der Waals surface area contributed by atoms with Crippen LogP contribution in [0.3, 0.4) is 0 Å². The van der Waals surface area contributed by atoms with Crippen molar-refractivity contribution in [2.24, 2.45) is 5.14 Å². The number of carbonyl (C=O) groups is 1. The van der Waals surface area contributed by atoms with Gasteiger partial charge < -0.3 is 19.9 Å². The lowest BCUT2D eigenvalue weighted by Gasteiger charge is -2.43. The molecule has 0 saturated heterocycles. The molecule has 32 heavy (non-hydrogen) atoms. The zero-order valence-corrected chi connectivity index (χ0v) is 18.2. The van der Waals surface area contributed by atoms with E-state index in [1.807, 2.05) is 10.6 Å². The van der Waals surface area contributed by atoms with Gasteiger partial charge in [-0.3, -0.25) is 4.79 Å². The summed E-state index contributed by atoms with van der Waals surface area (Å²) in [5.41, 5.74) is 0.772. The molecule has 4 heterocycles. The average Bonchev–Trinajstić information content (AvgIpc) is 3.16. The molecule has 1 aliphatic carbocycles. The Bertz CT molecular complexity index is 1300. The molecule has 168 valence electrons. The summed E-state index contributed by atoms with van der Waals surface area (Å²) in [5.74, 6) is 0.588. The largest absolute Gasteiger partial charge is 0.356 e. The Morgan fingerprint density at radius 3 is 2.66 bits per heavy atom. The smallest absolute Gasteiger partial charge is 0.248 e. The van der Waals surface area contributed by atoms with Crippen molar-refractivity contribution in [1.82, 2.24) is 24.8 Å². The first-order valence-corrected chi connectivity index (χ1v) is 11.8. The monoisotopic (exact) mass is 457 g/mol. The first-order valence-electron chi connectivity index (χ1n) is 10.3. The highest BCUT2D eigenvalue weighted by Gasteiger charge is 2.48. The summed E-state index contributed by atoms with van der Waals surface area (Å²) in [7, 11) is -2.27. The second-order valence-corrected chi connectivity index (χ2v) is 9.67. The molecule has 11 nitrogen and oxygen atoms in total. The van der Waals surface area contributed by atoms with Crippen LogP contribution in [0.4, 0.5) is 11.8 Å². The Hall–Kier alpha value is -3.09. The fourth-order valence-electron chi connectivity index (χ4n) is 4.65. The van der Waals surface area contributed by atoms with E-state index in [0.717, 1.165) is 43.2 Å². The molecule has 0 aromatic carbocycles. The number of methoxy groups -OCH3 is 1. The summed E-state index contributed by atoms with van der Waals surface area (Å²) >= 11 is 0. The quantitative estimate of drug-likeness (QED) is 0.534. The third kappa shape index (κ3) is 3.31. The standard InChI is InChI=1S/C20H23N7O4S/c1-31-17-14-9-12-10-23-19(24-15-6-5-13(11-22-15)32(21,29)30)25-16(12)27(14)20(18(28)26-17)7-3-2-4-8-20/h5-6,9-11,17H,2-4,7-8H2,1H3,(H,26,28)(H2,21,29,30)(H,22,23,24,25). The van der Waals surface area contributed by atoms with E-state index >= 15 is 0 Å². The maximum Gasteiger partial charge on any atom is 0.248 e. The van der Waals surface area contributed by atoms with Gasteiger partial charge in [-0.1, -0.05) is 19.3 Å². The molecule has 1 amide bonds. The van der Waals surface area contributed by atoms with Gasteiger partial charge in [0.05, 0.1) is 5.69 Å². The number of sulfonamides is 1. The van der Waals surface area contributed by atoms with Gasteiger partial charge in [0, 0.05) is 24.9 Å². The highest BCUT2D eigenvalue weighted by atomic mass is 32.2. The number of carbonyl (C=O) groups excluding carboxylic acids is 1. The molecule has 12 heteroatoms. The molecule has 5 rings (SSSR count). The molecule has 2 aliphatic rings. The predicted molar refractivity (Wildman–Crippen MR) is 115 cm³/mol. The topological polar surface area (TPSA) is 154 Å². The predicted octanol–water partition coefficient (Wildman–Crippen LogP) is 1.65. The second kappa shape index (κ2) is 7.50. The normalized spacial score (nSPS) is 20.2. The van der Waals surface area contributed by atoms with E-state index in [9.17, 15) is 13.2 Å². The minimum atomic E-state index is -3.83. The summed E-state index contributed by atoms with van der Waals surface area (Å²) in [5, 5.41) is 11.9. The van der Waals surface area contributed by atoms with Gasteiger partial charge in [0.2, 0.25) is 21.9 Å². The number of amides is 1. The first-order chi connectivity index (χ1) is 15.3. The maximum atomic E-state index is 13.2. The number of fused-ring (bicyclic) bond motifs is 4. The molecular weight excluding hydrogens is 434 g/mol. The van der Waals surface area contributed by atoms with Crippen LogP contribution in [0.25, 0.3) is 11.0 Å². The Morgan fingerprint density at radius 2 is 2.00 bits per heavy atom. The zero-order valence-electron chi connectivity index (χ0n) is 17.4. The zero-order chi connectivity index (χ0) is 22.5. The number of hydrogen-bond donors (Lipinski definition) is 3. The van der Waals surface area contributed by atoms with Crippen LogP contribution in [0.2, 0.25) is 0 Å².